The van der Waals surface area contributed by atoms with Crippen LogP contribution in [0.1, 0.15) is 6.42 Å². The van der Waals surface area contributed by atoms with Crippen LogP contribution in [-0.2, 0) is 19.6 Å². The third-order valence-electron chi connectivity index (χ3n) is 6.14. The van der Waals surface area contributed by atoms with Crippen LogP contribution in [-0.4, -0.2) is 69.0 Å². The maximum absolute atomic E-state index is 13.1. The molecule has 1 atom stereocenters. The number of nitrogens with zero attached hydrogens (tertiary/aromatic N) is 3. The van der Waals surface area contributed by atoms with Crippen molar-refractivity contribution in [2.75, 3.05) is 44.4 Å². The van der Waals surface area contributed by atoms with Gasteiger partial charge in [0.2, 0.25) is 28.6 Å². The summed E-state index contributed by atoms with van der Waals surface area (Å²) in [6.07, 6.45) is 0.122. The molecule has 174 valence electrons. The molecule has 2 fully saturated rings. The molecule has 3 aliphatic heterocycles. The van der Waals surface area contributed by atoms with Crippen LogP contribution in [0.4, 0.5) is 5.69 Å². The number of benzene rings is 2. The van der Waals surface area contributed by atoms with E-state index in [9.17, 15) is 18.0 Å². The van der Waals surface area contributed by atoms with Crippen molar-refractivity contribution in [3.8, 4) is 11.5 Å². The summed E-state index contributed by atoms with van der Waals surface area (Å²) >= 11 is 5.86. The number of ether oxygens (including phenoxy) is 2. The van der Waals surface area contributed by atoms with E-state index in [1.54, 1.807) is 28.0 Å². The van der Waals surface area contributed by atoms with Crippen LogP contribution >= 0.6 is 11.6 Å². The Labute approximate surface area is 196 Å². The minimum absolute atomic E-state index is 0.122. The maximum Gasteiger partial charge on any atom is 0.243 e. The molecule has 33 heavy (non-hydrogen) atoms. The molecule has 0 aliphatic carbocycles. The molecule has 11 heteroatoms. The molecule has 2 aromatic rings. The average molecular weight is 492 g/mol. The standard InChI is InChI=1S/C22H22ClN3O6S/c23-16-1-4-18(5-2-16)33(29,30)25-9-7-24(8-10-25)22(28)15-11-21(27)26(13-15)17-3-6-19-20(12-17)32-14-31-19/h1-6,12,15H,7-11,13-14H2. The van der Waals surface area contributed by atoms with Crippen molar-refractivity contribution >= 4 is 39.1 Å². The zero-order valence-electron chi connectivity index (χ0n) is 17.6. The van der Waals surface area contributed by atoms with Crippen molar-refractivity contribution in [2.45, 2.75) is 11.3 Å². The van der Waals surface area contributed by atoms with E-state index in [1.807, 2.05) is 0 Å². The number of hydrogen-bond donors (Lipinski definition) is 0. The van der Waals surface area contributed by atoms with Crippen LogP contribution in [0, 0.1) is 5.92 Å². The Balaban J connectivity index is 1.21. The van der Waals surface area contributed by atoms with Gasteiger partial charge in [-0.2, -0.15) is 4.31 Å². The molecule has 0 bridgehead atoms. The lowest BCUT2D eigenvalue weighted by Gasteiger charge is -2.35. The Morgan fingerprint density at radius 1 is 0.970 bits per heavy atom. The molecule has 0 aromatic heterocycles. The van der Waals surface area contributed by atoms with Crippen molar-refractivity contribution in [3.63, 3.8) is 0 Å². The fourth-order valence-corrected chi connectivity index (χ4v) is 5.89. The predicted molar refractivity (Wildman–Crippen MR) is 120 cm³/mol. The molecular formula is C22H22ClN3O6S. The molecular weight excluding hydrogens is 470 g/mol. The summed E-state index contributed by atoms with van der Waals surface area (Å²) in [4.78, 5) is 29.1. The first kappa shape index (κ1) is 22.0. The lowest BCUT2D eigenvalue weighted by molar-refractivity contribution is -0.136. The van der Waals surface area contributed by atoms with Crippen molar-refractivity contribution in [1.82, 2.24) is 9.21 Å². The molecule has 0 N–H and O–H groups in total. The first-order valence-corrected chi connectivity index (χ1v) is 12.4. The highest BCUT2D eigenvalue weighted by Gasteiger charge is 2.39. The molecule has 0 spiro atoms. The van der Waals surface area contributed by atoms with Gasteiger partial charge in [0.1, 0.15) is 0 Å². The van der Waals surface area contributed by atoms with Crippen LogP contribution in [0.3, 0.4) is 0 Å². The number of hydrogen-bond acceptors (Lipinski definition) is 6. The van der Waals surface area contributed by atoms with Crippen LogP contribution in [0.25, 0.3) is 0 Å². The third-order valence-corrected chi connectivity index (χ3v) is 8.31. The molecule has 2 saturated heterocycles. The first-order chi connectivity index (χ1) is 15.8. The number of anilines is 1. The molecule has 5 rings (SSSR count). The second-order valence-corrected chi connectivity index (χ2v) is 10.5. The van der Waals surface area contributed by atoms with E-state index in [4.69, 9.17) is 21.1 Å². The van der Waals surface area contributed by atoms with Crippen molar-refractivity contribution < 1.29 is 27.5 Å². The van der Waals surface area contributed by atoms with Crippen molar-refractivity contribution in [1.29, 1.82) is 0 Å². The zero-order valence-corrected chi connectivity index (χ0v) is 19.2. The minimum atomic E-state index is -3.65. The number of sulfonamides is 1. The summed E-state index contributed by atoms with van der Waals surface area (Å²) in [7, 11) is -3.65. The first-order valence-electron chi connectivity index (χ1n) is 10.6. The van der Waals surface area contributed by atoms with Gasteiger partial charge >= 0.3 is 0 Å². The van der Waals surface area contributed by atoms with E-state index in [0.717, 1.165) is 0 Å². The number of carbonyl (C=O) groups excluding carboxylic acids is 2. The monoisotopic (exact) mass is 491 g/mol. The summed E-state index contributed by atoms with van der Waals surface area (Å²) < 4.78 is 37.8. The van der Waals surface area contributed by atoms with Crippen LogP contribution in [0.5, 0.6) is 11.5 Å². The summed E-state index contributed by atoms with van der Waals surface area (Å²) in [5, 5.41) is 0.463. The quantitative estimate of drug-likeness (QED) is 0.648. The normalized spacial score (nSPS) is 21.0. The molecule has 1 unspecified atom stereocenters. The number of piperazine rings is 1. The molecule has 3 heterocycles. The van der Waals surface area contributed by atoms with Gasteiger partial charge in [0.15, 0.2) is 11.5 Å². The molecule has 0 radical (unpaired) electrons. The molecule has 0 saturated carbocycles. The average Bonchev–Trinajstić information content (AvgIpc) is 3.45. The predicted octanol–water partition coefficient (Wildman–Crippen LogP) is 1.95. The molecule has 3 aliphatic rings. The van der Waals surface area contributed by atoms with E-state index >= 15 is 0 Å². The number of fused-ring (bicyclic) bond motifs is 1. The van der Waals surface area contributed by atoms with E-state index in [0.29, 0.717) is 22.2 Å². The SMILES string of the molecule is O=C(C1CC(=O)N(c2ccc3c(c2)OCO3)C1)N1CCN(S(=O)(=O)c2ccc(Cl)cc2)CC1. The smallest absolute Gasteiger partial charge is 0.243 e. The number of carbonyl (C=O) groups is 2. The van der Waals surface area contributed by atoms with Crippen molar-refractivity contribution in [3.05, 3.63) is 47.5 Å². The number of amides is 2. The zero-order chi connectivity index (χ0) is 23.2. The van der Waals surface area contributed by atoms with Gasteiger partial charge in [0.05, 0.1) is 10.8 Å². The van der Waals surface area contributed by atoms with Gasteiger partial charge < -0.3 is 19.3 Å². The van der Waals surface area contributed by atoms with E-state index in [2.05, 4.69) is 0 Å². The Morgan fingerprint density at radius 3 is 2.39 bits per heavy atom. The van der Waals surface area contributed by atoms with Gasteiger partial charge in [-0.1, -0.05) is 11.6 Å². The van der Waals surface area contributed by atoms with Crippen molar-refractivity contribution in [2.24, 2.45) is 5.92 Å². The highest BCUT2D eigenvalue weighted by Crippen LogP contribution is 2.37. The summed E-state index contributed by atoms with van der Waals surface area (Å²) in [5.74, 6) is 0.478. The third kappa shape index (κ3) is 4.14. The lowest BCUT2D eigenvalue weighted by atomic mass is 10.1. The van der Waals surface area contributed by atoms with Crippen LogP contribution < -0.4 is 14.4 Å². The Morgan fingerprint density at radius 2 is 1.67 bits per heavy atom. The Hall–Kier alpha value is -2.82. The second-order valence-electron chi connectivity index (χ2n) is 8.13. The Kier molecular flexibility index (Phi) is 5.67. The van der Waals surface area contributed by atoms with E-state index in [-0.39, 0.29) is 62.6 Å². The lowest BCUT2D eigenvalue weighted by Crippen LogP contribution is -2.52. The second kappa shape index (κ2) is 8.51. The van der Waals surface area contributed by atoms with E-state index in [1.165, 1.54) is 28.6 Å². The fraction of sp³-hybridized carbons (Fsp3) is 0.364. The van der Waals surface area contributed by atoms with Gasteiger partial charge in [0.25, 0.3) is 0 Å². The summed E-state index contributed by atoms with van der Waals surface area (Å²) in [6.45, 7) is 1.38. The Bertz CT molecular complexity index is 1200. The van der Waals surface area contributed by atoms with Gasteiger partial charge in [-0.25, -0.2) is 8.42 Å². The molecule has 9 nitrogen and oxygen atoms in total. The van der Waals surface area contributed by atoms with Gasteiger partial charge in [-0.15, -0.1) is 0 Å². The number of halogens is 1. The summed E-state index contributed by atoms with van der Waals surface area (Å²) in [5.41, 5.74) is 0.665. The number of rotatable bonds is 4. The largest absolute Gasteiger partial charge is 0.454 e. The highest BCUT2D eigenvalue weighted by molar-refractivity contribution is 7.89. The van der Waals surface area contributed by atoms with Gasteiger partial charge in [-0.3, -0.25) is 9.59 Å². The maximum atomic E-state index is 13.1. The topological polar surface area (TPSA) is 96.5 Å². The van der Waals surface area contributed by atoms with Gasteiger partial charge in [-0.05, 0) is 36.4 Å². The van der Waals surface area contributed by atoms with Crippen LogP contribution in [0.15, 0.2) is 47.4 Å². The summed E-state index contributed by atoms with van der Waals surface area (Å²) in [6, 6.07) is 11.3. The highest BCUT2D eigenvalue weighted by atomic mass is 35.5. The minimum Gasteiger partial charge on any atom is -0.454 e. The fourth-order valence-electron chi connectivity index (χ4n) is 4.34. The molecule has 2 aromatic carbocycles. The van der Waals surface area contributed by atoms with Crippen LogP contribution in [0.2, 0.25) is 5.02 Å². The van der Waals surface area contributed by atoms with Gasteiger partial charge in [0, 0.05) is 55.9 Å². The van der Waals surface area contributed by atoms with E-state index < -0.39 is 15.9 Å². The molecule has 2 amide bonds.